The molecule has 9 nitrogen and oxygen atoms in total. The van der Waals surface area contributed by atoms with E-state index in [1.165, 1.54) is 31.6 Å². The van der Waals surface area contributed by atoms with Gasteiger partial charge in [0.1, 0.15) is 17.0 Å². The Morgan fingerprint density at radius 3 is 2.59 bits per heavy atom. The van der Waals surface area contributed by atoms with Crippen LogP contribution in [0.25, 0.3) is 10.2 Å². The number of carbonyl (C=O) groups is 1. The predicted octanol–water partition coefficient (Wildman–Crippen LogP) is 3.66. The van der Waals surface area contributed by atoms with Gasteiger partial charge < -0.3 is 14.2 Å². The van der Waals surface area contributed by atoms with E-state index in [0.717, 1.165) is 15.8 Å². The summed E-state index contributed by atoms with van der Waals surface area (Å²) in [5, 5.41) is 0.512. The molecule has 0 aliphatic heterocycles. The van der Waals surface area contributed by atoms with Crippen molar-refractivity contribution in [3.8, 4) is 17.6 Å². The molecule has 0 fully saturated rings. The van der Waals surface area contributed by atoms with Gasteiger partial charge in [0, 0.05) is 18.5 Å². The SMILES string of the molecule is COc1cc(C(=O)N(Cc2cccnc2)c2nc3c(OC)ccc(C)c3s2)nc(OC)n1. The van der Waals surface area contributed by atoms with Crippen LogP contribution in [0.5, 0.6) is 17.6 Å². The maximum Gasteiger partial charge on any atom is 0.320 e. The van der Waals surface area contributed by atoms with Gasteiger partial charge >= 0.3 is 6.01 Å². The van der Waals surface area contributed by atoms with Crippen molar-refractivity contribution in [1.29, 1.82) is 0 Å². The van der Waals surface area contributed by atoms with Gasteiger partial charge in [0.2, 0.25) is 5.88 Å². The number of amides is 1. The zero-order valence-electron chi connectivity index (χ0n) is 18.0. The number of benzene rings is 1. The van der Waals surface area contributed by atoms with E-state index in [2.05, 4.69) is 15.0 Å². The second-order valence-corrected chi connectivity index (χ2v) is 7.77. The van der Waals surface area contributed by atoms with Crippen molar-refractivity contribution >= 4 is 32.6 Å². The summed E-state index contributed by atoms with van der Waals surface area (Å²) in [5.41, 5.74) is 2.72. The molecule has 1 amide bonds. The van der Waals surface area contributed by atoms with Gasteiger partial charge in [0.25, 0.3) is 5.91 Å². The Morgan fingerprint density at radius 1 is 1.06 bits per heavy atom. The summed E-state index contributed by atoms with van der Waals surface area (Å²) in [6.07, 6.45) is 3.39. The van der Waals surface area contributed by atoms with Gasteiger partial charge in [-0.1, -0.05) is 23.5 Å². The molecule has 0 atom stereocenters. The summed E-state index contributed by atoms with van der Waals surface area (Å²) < 4.78 is 16.8. The highest BCUT2D eigenvalue weighted by atomic mass is 32.1. The molecular weight excluding hydrogens is 430 g/mol. The smallest absolute Gasteiger partial charge is 0.320 e. The lowest BCUT2D eigenvalue weighted by Crippen LogP contribution is -2.31. The second-order valence-electron chi connectivity index (χ2n) is 6.79. The molecule has 0 aliphatic carbocycles. The molecule has 32 heavy (non-hydrogen) atoms. The minimum Gasteiger partial charge on any atom is -0.494 e. The molecule has 3 heterocycles. The molecule has 0 radical (unpaired) electrons. The molecule has 4 aromatic rings. The molecule has 0 spiro atoms. The molecule has 4 rings (SSSR count). The van der Waals surface area contributed by atoms with Crippen molar-refractivity contribution in [3.05, 3.63) is 59.5 Å². The Bertz CT molecular complexity index is 1240. The highest BCUT2D eigenvalue weighted by molar-refractivity contribution is 7.22. The third-order valence-electron chi connectivity index (χ3n) is 4.74. The monoisotopic (exact) mass is 451 g/mol. The zero-order valence-corrected chi connectivity index (χ0v) is 18.8. The van der Waals surface area contributed by atoms with Crippen LogP contribution in [0.1, 0.15) is 21.6 Å². The molecule has 0 saturated heterocycles. The maximum absolute atomic E-state index is 13.6. The van der Waals surface area contributed by atoms with E-state index in [-0.39, 0.29) is 30.0 Å². The van der Waals surface area contributed by atoms with Crippen LogP contribution in [0.15, 0.2) is 42.7 Å². The molecule has 10 heteroatoms. The molecule has 0 N–H and O–H groups in total. The minimum absolute atomic E-state index is 0.0378. The second kappa shape index (κ2) is 9.15. The van der Waals surface area contributed by atoms with E-state index in [1.54, 1.807) is 24.4 Å². The van der Waals surface area contributed by atoms with Crippen LogP contribution in [0.3, 0.4) is 0 Å². The topological polar surface area (TPSA) is 99.6 Å². The molecule has 3 aromatic heterocycles. The number of anilines is 1. The lowest BCUT2D eigenvalue weighted by Gasteiger charge is -2.19. The van der Waals surface area contributed by atoms with Crippen LogP contribution in [-0.4, -0.2) is 47.2 Å². The van der Waals surface area contributed by atoms with Crippen molar-refractivity contribution in [3.63, 3.8) is 0 Å². The molecule has 0 bridgehead atoms. The number of hydrogen-bond donors (Lipinski definition) is 0. The maximum atomic E-state index is 13.6. The summed E-state index contributed by atoms with van der Waals surface area (Å²) in [4.78, 5) is 32.4. The Morgan fingerprint density at radius 2 is 1.91 bits per heavy atom. The molecule has 0 saturated carbocycles. The highest BCUT2D eigenvalue weighted by Crippen LogP contribution is 2.37. The Balaban J connectivity index is 1.84. The van der Waals surface area contributed by atoms with Gasteiger partial charge in [-0.3, -0.25) is 14.7 Å². The van der Waals surface area contributed by atoms with Gasteiger partial charge in [-0.25, -0.2) is 4.98 Å². The third-order valence-corrected chi connectivity index (χ3v) is 5.96. The van der Waals surface area contributed by atoms with E-state index in [9.17, 15) is 4.79 Å². The first kappa shape index (κ1) is 21.4. The Labute approximate surface area is 188 Å². The van der Waals surface area contributed by atoms with Crippen LogP contribution >= 0.6 is 11.3 Å². The minimum atomic E-state index is -0.372. The standard InChI is InChI=1S/C22H21N5O4S/c1-13-7-8-16(29-2)18-19(13)32-22(26-18)27(12-14-6-5-9-23-11-14)20(28)15-10-17(30-3)25-21(24-15)31-4/h5-11H,12H2,1-4H3. The van der Waals surface area contributed by atoms with E-state index >= 15 is 0 Å². The van der Waals surface area contributed by atoms with E-state index in [0.29, 0.717) is 16.4 Å². The molecule has 164 valence electrons. The average molecular weight is 452 g/mol. The van der Waals surface area contributed by atoms with Crippen molar-refractivity contribution in [1.82, 2.24) is 19.9 Å². The number of ether oxygens (including phenoxy) is 3. The number of fused-ring (bicyclic) bond motifs is 1. The molecular formula is C22H21N5O4S. The molecule has 1 aromatic carbocycles. The van der Waals surface area contributed by atoms with E-state index in [4.69, 9.17) is 19.2 Å². The van der Waals surface area contributed by atoms with Crippen molar-refractivity contribution in [2.75, 3.05) is 26.2 Å². The van der Waals surface area contributed by atoms with Gasteiger partial charge in [-0.05, 0) is 30.2 Å². The number of carbonyl (C=O) groups excluding carboxylic acids is 1. The van der Waals surface area contributed by atoms with Crippen LogP contribution in [0.4, 0.5) is 5.13 Å². The Kier molecular flexibility index (Phi) is 6.13. The number of thiazole rings is 1. The fourth-order valence-electron chi connectivity index (χ4n) is 3.13. The van der Waals surface area contributed by atoms with Gasteiger partial charge in [0.05, 0.1) is 32.6 Å². The van der Waals surface area contributed by atoms with Crippen LogP contribution < -0.4 is 19.1 Å². The summed E-state index contributed by atoms with van der Waals surface area (Å²) >= 11 is 1.41. The van der Waals surface area contributed by atoms with Crippen LogP contribution in [-0.2, 0) is 6.54 Å². The number of aromatic nitrogens is 4. The fourth-order valence-corrected chi connectivity index (χ4v) is 4.18. The fraction of sp³-hybridized carbons (Fsp3) is 0.227. The third kappa shape index (κ3) is 4.17. The van der Waals surface area contributed by atoms with Crippen molar-refractivity contribution in [2.24, 2.45) is 0 Å². The normalized spacial score (nSPS) is 10.8. The number of aryl methyl sites for hydroxylation is 1. The number of nitrogens with zero attached hydrogens (tertiary/aromatic N) is 5. The summed E-state index contributed by atoms with van der Waals surface area (Å²) in [5.74, 6) is 0.499. The van der Waals surface area contributed by atoms with Gasteiger partial charge in [-0.2, -0.15) is 9.97 Å². The summed E-state index contributed by atoms with van der Waals surface area (Å²) in [6, 6.07) is 9.06. The molecule has 0 aliphatic rings. The first-order chi connectivity index (χ1) is 15.5. The van der Waals surface area contributed by atoms with Gasteiger partial charge in [0.15, 0.2) is 5.13 Å². The number of hydrogen-bond acceptors (Lipinski definition) is 9. The predicted molar refractivity (Wildman–Crippen MR) is 121 cm³/mol. The number of rotatable bonds is 7. The summed E-state index contributed by atoms with van der Waals surface area (Å²) in [7, 11) is 4.49. The summed E-state index contributed by atoms with van der Waals surface area (Å²) in [6.45, 7) is 2.25. The number of pyridine rings is 1. The lowest BCUT2D eigenvalue weighted by molar-refractivity contribution is 0.0978. The Hall–Kier alpha value is -3.79. The molecule has 0 unspecified atom stereocenters. The van der Waals surface area contributed by atoms with E-state index in [1.807, 2.05) is 31.2 Å². The van der Waals surface area contributed by atoms with Crippen molar-refractivity contribution in [2.45, 2.75) is 13.5 Å². The van der Waals surface area contributed by atoms with E-state index < -0.39 is 0 Å². The number of methoxy groups -OCH3 is 3. The van der Waals surface area contributed by atoms with Crippen LogP contribution in [0, 0.1) is 6.92 Å². The van der Waals surface area contributed by atoms with Crippen molar-refractivity contribution < 1.29 is 19.0 Å². The largest absolute Gasteiger partial charge is 0.494 e. The first-order valence-electron chi connectivity index (χ1n) is 9.66. The van der Waals surface area contributed by atoms with Gasteiger partial charge in [-0.15, -0.1) is 0 Å². The highest BCUT2D eigenvalue weighted by Gasteiger charge is 2.25. The lowest BCUT2D eigenvalue weighted by atomic mass is 10.2. The first-order valence-corrected chi connectivity index (χ1v) is 10.5. The zero-order chi connectivity index (χ0) is 22.7. The van der Waals surface area contributed by atoms with Crippen LogP contribution in [0.2, 0.25) is 0 Å². The average Bonchev–Trinajstić information content (AvgIpc) is 3.29. The quantitative estimate of drug-likeness (QED) is 0.420.